The minimum atomic E-state index is -4.42. The largest absolute Gasteiger partial charge is 0.469 e. The van der Waals surface area contributed by atoms with E-state index in [0.29, 0.717) is 18.8 Å². The summed E-state index contributed by atoms with van der Waals surface area (Å²) < 4.78 is 15.6. The summed E-state index contributed by atoms with van der Waals surface area (Å²) in [6.07, 6.45) is 3.52. The van der Waals surface area contributed by atoms with Crippen LogP contribution in [0.3, 0.4) is 0 Å². The molecule has 5 aromatic rings. The first-order valence-corrected chi connectivity index (χ1v) is 13.2. The van der Waals surface area contributed by atoms with Crippen molar-refractivity contribution >= 4 is 50.9 Å². The standard InChI is InChI=1S/C28H29O4P/c1-18(2)11-12-20-14-16-26-23-9-3-7-21-19(6-5-17-32-33(29,30)31)13-15-25(27(21)23)24-10-4-8-22(20)28(24)26/h3-4,7-10,13-16,18H,5-6,11-12,17H2,1-2H3,(H2,29,30,31). The first-order valence-electron chi connectivity index (χ1n) is 11.6. The number of fused-ring (bicyclic) bond motifs is 2. The monoisotopic (exact) mass is 460 g/mol. The van der Waals surface area contributed by atoms with Crippen LogP contribution in [0.1, 0.15) is 37.8 Å². The number of phosphoric acid groups is 1. The van der Waals surface area contributed by atoms with E-state index in [1.54, 1.807) is 0 Å². The van der Waals surface area contributed by atoms with Gasteiger partial charge in [-0.2, -0.15) is 0 Å². The van der Waals surface area contributed by atoms with Crippen molar-refractivity contribution in [1.29, 1.82) is 0 Å². The molecule has 4 nitrogen and oxygen atoms in total. The second kappa shape index (κ2) is 8.70. The third kappa shape index (κ3) is 4.25. The molecule has 0 aliphatic heterocycles. The highest BCUT2D eigenvalue weighted by atomic mass is 31.2. The zero-order chi connectivity index (χ0) is 23.2. The van der Waals surface area contributed by atoms with Gasteiger partial charge in [0.25, 0.3) is 0 Å². The molecule has 0 fully saturated rings. The third-order valence-corrected chi connectivity index (χ3v) is 7.20. The fourth-order valence-electron chi connectivity index (χ4n) is 5.16. The molecule has 5 heteroatoms. The first-order chi connectivity index (χ1) is 15.8. The van der Waals surface area contributed by atoms with Crippen molar-refractivity contribution in [3.8, 4) is 0 Å². The fourth-order valence-corrected chi connectivity index (χ4v) is 5.53. The molecule has 0 aliphatic rings. The molecule has 0 radical (unpaired) electrons. The van der Waals surface area contributed by atoms with Crippen LogP contribution in [-0.2, 0) is 21.9 Å². The number of aryl methyl sites for hydroxylation is 2. The maximum atomic E-state index is 11.0. The molecule has 0 saturated carbocycles. The summed E-state index contributed by atoms with van der Waals surface area (Å²) in [7, 11) is -4.42. The van der Waals surface area contributed by atoms with Gasteiger partial charge in [0.15, 0.2) is 0 Å². The molecule has 0 aromatic heterocycles. The summed E-state index contributed by atoms with van der Waals surface area (Å²) in [6.45, 7) is 4.59. The zero-order valence-electron chi connectivity index (χ0n) is 19.0. The minimum absolute atomic E-state index is 0.0362. The molecule has 0 aliphatic carbocycles. The van der Waals surface area contributed by atoms with Gasteiger partial charge < -0.3 is 9.79 Å². The van der Waals surface area contributed by atoms with Gasteiger partial charge in [-0.1, -0.05) is 74.5 Å². The Kier molecular flexibility index (Phi) is 5.88. The molecule has 5 rings (SSSR count). The van der Waals surface area contributed by atoms with Crippen LogP contribution in [0.25, 0.3) is 43.1 Å². The van der Waals surface area contributed by atoms with Gasteiger partial charge in [0, 0.05) is 0 Å². The van der Waals surface area contributed by atoms with Crippen molar-refractivity contribution in [2.75, 3.05) is 6.61 Å². The van der Waals surface area contributed by atoms with E-state index in [9.17, 15) is 4.57 Å². The van der Waals surface area contributed by atoms with Gasteiger partial charge in [-0.05, 0) is 85.8 Å². The second-order valence-corrected chi connectivity index (χ2v) is 10.6. The van der Waals surface area contributed by atoms with Crippen LogP contribution < -0.4 is 0 Å². The molecular weight excluding hydrogens is 431 g/mol. The highest BCUT2D eigenvalue weighted by Crippen LogP contribution is 2.42. The Labute approximate surface area is 193 Å². The highest BCUT2D eigenvalue weighted by molar-refractivity contribution is 7.46. The van der Waals surface area contributed by atoms with E-state index in [4.69, 9.17) is 9.79 Å². The van der Waals surface area contributed by atoms with E-state index >= 15 is 0 Å². The average molecular weight is 461 g/mol. The fraction of sp³-hybridized carbons (Fsp3) is 0.286. The van der Waals surface area contributed by atoms with E-state index in [1.807, 2.05) is 0 Å². The molecule has 0 saturated heterocycles. The van der Waals surface area contributed by atoms with Crippen molar-refractivity contribution in [3.63, 3.8) is 0 Å². The molecule has 0 atom stereocenters. The Morgan fingerprint density at radius 2 is 1.21 bits per heavy atom. The number of phosphoric ester groups is 1. The Morgan fingerprint density at radius 1 is 0.727 bits per heavy atom. The lowest BCUT2D eigenvalue weighted by atomic mass is 9.86. The summed E-state index contributed by atoms with van der Waals surface area (Å²) in [6, 6.07) is 22.1. The van der Waals surface area contributed by atoms with Crippen molar-refractivity contribution in [3.05, 3.63) is 71.8 Å². The van der Waals surface area contributed by atoms with Crippen LogP contribution >= 0.6 is 7.82 Å². The third-order valence-electron chi connectivity index (χ3n) is 6.68. The van der Waals surface area contributed by atoms with Gasteiger partial charge in [0.05, 0.1) is 6.61 Å². The zero-order valence-corrected chi connectivity index (χ0v) is 19.9. The Balaban J connectivity index is 1.66. The van der Waals surface area contributed by atoms with Crippen molar-refractivity contribution in [1.82, 2.24) is 0 Å². The average Bonchev–Trinajstić information content (AvgIpc) is 2.78. The van der Waals surface area contributed by atoms with Crippen molar-refractivity contribution in [2.45, 2.75) is 39.5 Å². The maximum Gasteiger partial charge on any atom is 0.469 e. The van der Waals surface area contributed by atoms with Crippen molar-refractivity contribution < 1.29 is 18.9 Å². The Bertz CT molecular complexity index is 1480. The Hall–Kier alpha value is -2.49. The van der Waals surface area contributed by atoms with Crippen LogP contribution in [-0.4, -0.2) is 16.4 Å². The molecule has 2 N–H and O–H groups in total. The maximum absolute atomic E-state index is 11.0. The summed E-state index contributed by atoms with van der Waals surface area (Å²) in [5, 5.41) is 10.3. The van der Waals surface area contributed by atoms with Gasteiger partial charge >= 0.3 is 7.82 Å². The lowest BCUT2D eigenvalue weighted by molar-refractivity contribution is 0.195. The summed E-state index contributed by atoms with van der Waals surface area (Å²) >= 11 is 0. The topological polar surface area (TPSA) is 66.8 Å². The van der Waals surface area contributed by atoms with E-state index in [2.05, 4.69) is 79.0 Å². The molecule has 0 bridgehead atoms. The van der Waals surface area contributed by atoms with Gasteiger partial charge in [0.2, 0.25) is 0 Å². The molecule has 33 heavy (non-hydrogen) atoms. The predicted molar refractivity (Wildman–Crippen MR) is 137 cm³/mol. The van der Waals surface area contributed by atoms with Crippen LogP contribution in [0.2, 0.25) is 0 Å². The summed E-state index contributed by atoms with van der Waals surface area (Å²) in [4.78, 5) is 17.9. The van der Waals surface area contributed by atoms with Gasteiger partial charge in [-0.3, -0.25) is 4.52 Å². The summed E-state index contributed by atoms with van der Waals surface area (Å²) in [5.41, 5.74) is 2.59. The van der Waals surface area contributed by atoms with Gasteiger partial charge in [-0.25, -0.2) is 4.57 Å². The van der Waals surface area contributed by atoms with Crippen LogP contribution in [0.4, 0.5) is 0 Å². The number of benzene rings is 5. The van der Waals surface area contributed by atoms with Crippen molar-refractivity contribution in [2.24, 2.45) is 5.92 Å². The SMILES string of the molecule is CC(C)CCc1ccc2c3cccc4c(CCCOP(=O)(O)O)ccc(c5cccc1c52)c43. The normalized spacial score (nSPS) is 12.8. The van der Waals surface area contributed by atoms with Crippen LogP contribution in [0, 0.1) is 5.92 Å². The molecule has 0 amide bonds. The summed E-state index contributed by atoms with van der Waals surface area (Å²) in [5.74, 6) is 0.677. The highest BCUT2D eigenvalue weighted by Gasteiger charge is 2.17. The lowest BCUT2D eigenvalue weighted by Crippen LogP contribution is -1.97. The minimum Gasteiger partial charge on any atom is -0.303 e. The number of hydrogen-bond donors (Lipinski definition) is 2. The molecule has 0 unspecified atom stereocenters. The first kappa shape index (κ1) is 22.3. The van der Waals surface area contributed by atoms with E-state index in [0.717, 1.165) is 6.42 Å². The van der Waals surface area contributed by atoms with Crippen LogP contribution in [0.5, 0.6) is 0 Å². The quantitative estimate of drug-likeness (QED) is 0.110. The van der Waals surface area contributed by atoms with Crippen LogP contribution in [0.15, 0.2) is 60.7 Å². The molecular formula is C28H29O4P. The van der Waals surface area contributed by atoms with E-state index in [1.165, 1.54) is 60.6 Å². The molecule has 0 heterocycles. The molecule has 170 valence electrons. The van der Waals surface area contributed by atoms with Gasteiger partial charge in [0.1, 0.15) is 0 Å². The van der Waals surface area contributed by atoms with Gasteiger partial charge in [-0.15, -0.1) is 0 Å². The molecule has 0 spiro atoms. The molecule has 5 aromatic carbocycles. The second-order valence-electron chi connectivity index (χ2n) is 9.36. The number of hydrogen-bond acceptors (Lipinski definition) is 2. The van der Waals surface area contributed by atoms with E-state index < -0.39 is 7.82 Å². The smallest absolute Gasteiger partial charge is 0.303 e. The van der Waals surface area contributed by atoms with E-state index in [-0.39, 0.29) is 6.61 Å². The lowest BCUT2D eigenvalue weighted by Gasteiger charge is -2.18. The Morgan fingerprint density at radius 3 is 1.73 bits per heavy atom. The number of rotatable bonds is 8. The predicted octanol–water partition coefficient (Wildman–Crippen LogP) is 7.37.